The number of nitrogens with zero attached hydrogens (tertiary/aromatic N) is 3. The maximum absolute atomic E-state index is 13.1. The summed E-state index contributed by atoms with van der Waals surface area (Å²) in [5.74, 6) is 0.907. The number of carbonyl (C=O) groups is 1. The molecule has 6 nitrogen and oxygen atoms in total. The van der Waals surface area contributed by atoms with Crippen LogP contribution in [0, 0.1) is 0 Å². The Bertz CT molecular complexity index is 971. The largest absolute Gasteiger partial charge is 0.496 e. The van der Waals surface area contributed by atoms with Crippen LogP contribution in [0.5, 0.6) is 5.75 Å². The van der Waals surface area contributed by atoms with Crippen LogP contribution in [0.15, 0.2) is 46.9 Å². The molecule has 1 aromatic heterocycles. The molecule has 0 aliphatic carbocycles. The number of rotatable bonds is 6. The van der Waals surface area contributed by atoms with Gasteiger partial charge in [-0.2, -0.15) is 0 Å². The number of amides is 1. The van der Waals surface area contributed by atoms with Crippen LogP contribution < -0.4 is 4.74 Å². The minimum absolute atomic E-state index is 0.109. The molecule has 28 heavy (non-hydrogen) atoms. The highest BCUT2D eigenvalue weighted by molar-refractivity contribution is 6.31. The van der Waals surface area contributed by atoms with Gasteiger partial charge in [0.05, 0.1) is 19.2 Å². The predicted octanol–water partition coefficient (Wildman–Crippen LogP) is 5.10. The van der Waals surface area contributed by atoms with Crippen molar-refractivity contribution < 1.29 is 13.9 Å². The summed E-state index contributed by atoms with van der Waals surface area (Å²) in [5.41, 5.74) is 1.13. The number of ether oxygens (including phenoxy) is 1. The molecule has 8 heteroatoms. The van der Waals surface area contributed by atoms with Gasteiger partial charge in [-0.05, 0) is 56.3 Å². The summed E-state index contributed by atoms with van der Waals surface area (Å²) in [7, 11) is 1.51. The van der Waals surface area contributed by atoms with Gasteiger partial charge in [-0.1, -0.05) is 23.2 Å². The molecule has 0 fully saturated rings. The summed E-state index contributed by atoms with van der Waals surface area (Å²) < 4.78 is 11.0. The van der Waals surface area contributed by atoms with Crippen LogP contribution >= 0.6 is 23.2 Å². The van der Waals surface area contributed by atoms with Crippen molar-refractivity contribution in [3.05, 3.63) is 64.0 Å². The first-order valence-corrected chi connectivity index (χ1v) is 9.37. The highest BCUT2D eigenvalue weighted by atomic mass is 35.5. The molecule has 0 saturated carbocycles. The van der Waals surface area contributed by atoms with E-state index in [0.29, 0.717) is 33.1 Å². The third-order valence-electron chi connectivity index (χ3n) is 4.14. The van der Waals surface area contributed by atoms with E-state index in [1.807, 2.05) is 13.8 Å². The van der Waals surface area contributed by atoms with Gasteiger partial charge >= 0.3 is 0 Å². The summed E-state index contributed by atoms with van der Waals surface area (Å²) in [5, 5.41) is 9.21. The first-order chi connectivity index (χ1) is 13.4. The van der Waals surface area contributed by atoms with Gasteiger partial charge in [-0.15, -0.1) is 10.2 Å². The van der Waals surface area contributed by atoms with E-state index in [9.17, 15) is 4.79 Å². The average molecular weight is 420 g/mol. The minimum Gasteiger partial charge on any atom is -0.496 e. The molecule has 0 spiro atoms. The number of halogens is 2. The van der Waals surface area contributed by atoms with Crippen LogP contribution in [-0.2, 0) is 6.54 Å². The molecule has 0 saturated heterocycles. The number of benzene rings is 2. The van der Waals surface area contributed by atoms with Crippen molar-refractivity contribution in [3.8, 4) is 17.2 Å². The SMILES string of the molecule is COc1ccc(Cl)cc1C(=O)N(Cc1nnc(-c2ccc(Cl)cc2)o1)C(C)C. The maximum Gasteiger partial charge on any atom is 0.258 e. The van der Waals surface area contributed by atoms with Crippen LogP contribution in [0.3, 0.4) is 0 Å². The lowest BCUT2D eigenvalue weighted by atomic mass is 10.1. The van der Waals surface area contributed by atoms with E-state index in [2.05, 4.69) is 10.2 Å². The lowest BCUT2D eigenvalue weighted by Crippen LogP contribution is -2.36. The van der Waals surface area contributed by atoms with Crippen LogP contribution in [0.4, 0.5) is 0 Å². The number of aromatic nitrogens is 2. The molecule has 0 unspecified atom stereocenters. The van der Waals surface area contributed by atoms with Gasteiger partial charge in [0.2, 0.25) is 11.8 Å². The highest BCUT2D eigenvalue weighted by Gasteiger charge is 2.24. The lowest BCUT2D eigenvalue weighted by molar-refractivity contribution is 0.0669. The van der Waals surface area contributed by atoms with E-state index >= 15 is 0 Å². The van der Waals surface area contributed by atoms with Gasteiger partial charge in [-0.3, -0.25) is 4.79 Å². The van der Waals surface area contributed by atoms with Crippen LogP contribution in [0.1, 0.15) is 30.1 Å². The molecule has 0 aliphatic heterocycles. The first kappa shape index (κ1) is 20.2. The fourth-order valence-electron chi connectivity index (χ4n) is 2.66. The number of methoxy groups -OCH3 is 1. The van der Waals surface area contributed by atoms with Crippen LogP contribution in [0.25, 0.3) is 11.5 Å². The molecule has 0 atom stereocenters. The molecule has 0 bridgehead atoms. The zero-order valence-corrected chi connectivity index (χ0v) is 17.2. The standard InChI is InChI=1S/C20H19Cl2N3O3/c1-12(2)25(20(26)16-10-15(22)8-9-17(16)27-3)11-18-23-24-19(28-18)13-4-6-14(21)7-5-13/h4-10,12H,11H2,1-3H3. The van der Waals surface area contributed by atoms with Crippen molar-refractivity contribution in [2.24, 2.45) is 0 Å². The van der Waals surface area contributed by atoms with Gasteiger partial charge < -0.3 is 14.1 Å². The quantitative estimate of drug-likeness (QED) is 0.555. The Morgan fingerprint density at radius 1 is 1.11 bits per heavy atom. The molecule has 2 aromatic carbocycles. The maximum atomic E-state index is 13.1. The predicted molar refractivity (Wildman–Crippen MR) is 108 cm³/mol. The molecule has 0 aliphatic rings. The van der Waals surface area contributed by atoms with Crippen LogP contribution in [-0.4, -0.2) is 34.2 Å². The summed E-state index contributed by atoms with van der Waals surface area (Å²) in [6.07, 6.45) is 0. The smallest absolute Gasteiger partial charge is 0.258 e. The Labute approximate surface area is 173 Å². The van der Waals surface area contributed by atoms with Crippen LogP contribution in [0.2, 0.25) is 10.0 Å². The molecule has 0 radical (unpaired) electrons. The Kier molecular flexibility index (Phi) is 6.21. The Hall–Kier alpha value is -2.57. The second kappa shape index (κ2) is 8.63. The Morgan fingerprint density at radius 2 is 1.79 bits per heavy atom. The molecule has 1 heterocycles. The molecule has 0 N–H and O–H groups in total. The third-order valence-corrected chi connectivity index (χ3v) is 4.63. The molecule has 3 aromatic rings. The summed E-state index contributed by atoms with van der Waals surface area (Å²) in [6, 6.07) is 11.9. The van der Waals surface area contributed by atoms with Gasteiger partial charge in [-0.25, -0.2) is 0 Å². The molecule has 146 valence electrons. The fraction of sp³-hybridized carbons (Fsp3) is 0.250. The van der Waals surface area contributed by atoms with E-state index in [1.54, 1.807) is 47.4 Å². The zero-order chi connectivity index (χ0) is 20.3. The van der Waals surface area contributed by atoms with Gasteiger partial charge in [0.15, 0.2) is 0 Å². The van der Waals surface area contributed by atoms with Gasteiger partial charge in [0, 0.05) is 21.7 Å². The molecule has 3 rings (SSSR count). The summed E-state index contributed by atoms with van der Waals surface area (Å²) in [6.45, 7) is 3.98. The van der Waals surface area contributed by atoms with E-state index in [4.69, 9.17) is 32.4 Å². The normalized spacial score (nSPS) is 10.9. The first-order valence-electron chi connectivity index (χ1n) is 8.62. The fourth-order valence-corrected chi connectivity index (χ4v) is 2.96. The monoisotopic (exact) mass is 419 g/mol. The second-order valence-corrected chi connectivity index (χ2v) is 7.25. The average Bonchev–Trinajstić information content (AvgIpc) is 3.14. The topological polar surface area (TPSA) is 68.5 Å². The zero-order valence-electron chi connectivity index (χ0n) is 15.6. The van der Waals surface area contributed by atoms with Crippen molar-refractivity contribution in [2.45, 2.75) is 26.4 Å². The Morgan fingerprint density at radius 3 is 2.43 bits per heavy atom. The molecular weight excluding hydrogens is 401 g/mol. The highest BCUT2D eigenvalue weighted by Crippen LogP contribution is 2.26. The number of hydrogen-bond donors (Lipinski definition) is 0. The van der Waals surface area contributed by atoms with Crippen molar-refractivity contribution >= 4 is 29.1 Å². The third kappa shape index (κ3) is 4.46. The molecular formula is C20H19Cl2N3O3. The van der Waals surface area contributed by atoms with E-state index in [-0.39, 0.29) is 18.5 Å². The molecule has 1 amide bonds. The van der Waals surface area contributed by atoms with Crippen molar-refractivity contribution in [2.75, 3.05) is 7.11 Å². The summed E-state index contributed by atoms with van der Waals surface area (Å²) >= 11 is 12.0. The van der Waals surface area contributed by atoms with E-state index < -0.39 is 0 Å². The lowest BCUT2D eigenvalue weighted by Gasteiger charge is -2.26. The number of carbonyl (C=O) groups excluding carboxylic acids is 1. The minimum atomic E-state index is -0.236. The van der Waals surface area contributed by atoms with Gasteiger partial charge in [0.1, 0.15) is 5.75 Å². The second-order valence-electron chi connectivity index (χ2n) is 6.38. The van der Waals surface area contributed by atoms with Crippen molar-refractivity contribution in [1.29, 1.82) is 0 Å². The Balaban J connectivity index is 1.85. The van der Waals surface area contributed by atoms with Gasteiger partial charge in [0.25, 0.3) is 5.91 Å². The van der Waals surface area contributed by atoms with Crippen molar-refractivity contribution in [3.63, 3.8) is 0 Å². The number of hydrogen-bond acceptors (Lipinski definition) is 5. The van der Waals surface area contributed by atoms with E-state index in [0.717, 1.165) is 5.56 Å². The van der Waals surface area contributed by atoms with E-state index in [1.165, 1.54) is 7.11 Å². The van der Waals surface area contributed by atoms with Crippen molar-refractivity contribution in [1.82, 2.24) is 15.1 Å². The summed E-state index contributed by atoms with van der Waals surface area (Å²) in [4.78, 5) is 14.7.